The van der Waals surface area contributed by atoms with Crippen LogP contribution >= 0.6 is 0 Å². The van der Waals surface area contributed by atoms with Gasteiger partial charge in [-0.1, -0.05) is 19.1 Å². The van der Waals surface area contributed by atoms with E-state index in [1.165, 1.54) is 59.8 Å². The first-order valence-corrected chi connectivity index (χ1v) is 12.4. The van der Waals surface area contributed by atoms with Gasteiger partial charge in [0.15, 0.2) is 5.69 Å². The number of nitrogens with zero attached hydrogens (tertiary/aromatic N) is 4. The van der Waals surface area contributed by atoms with Gasteiger partial charge in [0.25, 0.3) is 11.5 Å². The third-order valence-electron chi connectivity index (χ3n) is 7.78. The minimum Gasteiger partial charge on any atom is -0.501 e. The molecule has 3 heterocycles. The highest BCUT2D eigenvalue weighted by atomic mass is 19.1. The summed E-state index contributed by atoms with van der Waals surface area (Å²) in [6, 6.07) is 5.28. The fourth-order valence-corrected chi connectivity index (χ4v) is 5.65. The SMILES string of the molecule is CCC1C2CCC(N(C)C(=O)C(=O)N(C)C)(CC2)c2nc(C(=O)NCc3ccc(F)cc3)c(O)c(=O)n21. The van der Waals surface area contributed by atoms with Crippen molar-refractivity contribution in [3.8, 4) is 5.75 Å². The second kappa shape index (κ2) is 9.95. The molecule has 2 bridgehead atoms. The molecule has 1 saturated carbocycles. The summed E-state index contributed by atoms with van der Waals surface area (Å²) in [5.41, 5.74) is -1.67. The van der Waals surface area contributed by atoms with Gasteiger partial charge in [0.1, 0.15) is 17.2 Å². The first kappa shape index (κ1) is 26.3. The van der Waals surface area contributed by atoms with Crippen LogP contribution in [0.4, 0.5) is 4.39 Å². The summed E-state index contributed by atoms with van der Waals surface area (Å²) in [6.45, 7) is 1.97. The van der Waals surface area contributed by atoms with Crippen LogP contribution in [0.3, 0.4) is 0 Å². The van der Waals surface area contributed by atoms with E-state index in [0.717, 1.165) is 0 Å². The zero-order valence-corrected chi connectivity index (χ0v) is 21.5. The minimum absolute atomic E-state index is 0.0270. The lowest BCUT2D eigenvalue weighted by Crippen LogP contribution is -2.54. The van der Waals surface area contributed by atoms with Crippen LogP contribution in [0.2, 0.25) is 0 Å². The molecule has 11 heteroatoms. The molecule has 2 aromatic rings. The average Bonchev–Trinajstić information content (AvgIpc) is 3.12. The van der Waals surface area contributed by atoms with Crippen LogP contribution < -0.4 is 10.9 Å². The summed E-state index contributed by atoms with van der Waals surface area (Å²) in [5, 5.41) is 13.4. The maximum Gasteiger partial charge on any atom is 0.312 e. The number of rotatable bonds is 5. The molecule has 2 aliphatic heterocycles. The molecule has 0 saturated heterocycles. The molecule has 0 spiro atoms. The molecule has 198 valence electrons. The van der Waals surface area contributed by atoms with Crippen molar-refractivity contribution in [1.29, 1.82) is 0 Å². The number of hydrogen-bond donors (Lipinski definition) is 2. The first-order valence-electron chi connectivity index (χ1n) is 12.4. The van der Waals surface area contributed by atoms with Crippen molar-refractivity contribution >= 4 is 17.7 Å². The largest absolute Gasteiger partial charge is 0.501 e. The number of aromatic hydroxyl groups is 1. The van der Waals surface area contributed by atoms with Crippen molar-refractivity contribution in [2.75, 3.05) is 21.1 Å². The molecule has 37 heavy (non-hydrogen) atoms. The zero-order chi connectivity index (χ0) is 27.1. The van der Waals surface area contributed by atoms with Crippen molar-refractivity contribution in [2.45, 2.75) is 57.2 Å². The molecule has 10 nitrogen and oxygen atoms in total. The van der Waals surface area contributed by atoms with E-state index >= 15 is 0 Å². The summed E-state index contributed by atoms with van der Waals surface area (Å²) < 4.78 is 14.6. The Labute approximate surface area is 214 Å². The maximum absolute atomic E-state index is 13.5. The number of aromatic nitrogens is 2. The van der Waals surface area contributed by atoms with E-state index in [-0.39, 0.29) is 24.3 Å². The number of amides is 3. The Hall–Kier alpha value is -3.76. The number of likely N-dealkylation sites (N-methyl/N-ethyl adjacent to an activating group) is 2. The Bertz CT molecular complexity index is 1280. The topological polar surface area (TPSA) is 125 Å². The lowest BCUT2D eigenvalue weighted by Gasteiger charge is -2.43. The monoisotopic (exact) mass is 513 g/mol. The molecule has 1 aromatic carbocycles. The van der Waals surface area contributed by atoms with Crippen LogP contribution in [0.1, 0.15) is 66.9 Å². The van der Waals surface area contributed by atoms with Crippen LogP contribution in [0.15, 0.2) is 29.1 Å². The predicted octanol–water partition coefficient (Wildman–Crippen LogP) is 1.91. The van der Waals surface area contributed by atoms with Crippen molar-refractivity contribution in [2.24, 2.45) is 5.92 Å². The number of fused-ring (bicyclic) bond motifs is 2. The molecule has 1 aliphatic carbocycles. The third kappa shape index (κ3) is 4.47. The Balaban J connectivity index is 1.81. The van der Waals surface area contributed by atoms with Crippen LogP contribution in [-0.2, 0) is 21.7 Å². The van der Waals surface area contributed by atoms with E-state index in [0.29, 0.717) is 37.7 Å². The Morgan fingerprint density at radius 1 is 1.14 bits per heavy atom. The summed E-state index contributed by atoms with van der Waals surface area (Å²) >= 11 is 0. The second-order valence-corrected chi connectivity index (χ2v) is 10.0. The van der Waals surface area contributed by atoms with Crippen LogP contribution in [0.25, 0.3) is 0 Å². The lowest BCUT2D eigenvalue weighted by molar-refractivity contribution is -0.154. The predicted molar refractivity (Wildman–Crippen MR) is 132 cm³/mol. The van der Waals surface area contributed by atoms with Gasteiger partial charge in [-0.15, -0.1) is 0 Å². The van der Waals surface area contributed by atoms with Gasteiger partial charge in [0.2, 0.25) is 5.75 Å². The molecule has 0 radical (unpaired) electrons. The van der Waals surface area contributed by atoms with E-state index in [1.807, 2.05) is 6.92 Å². The smallest absolute Gasteiger partial charge is 0.312 e. The van der Waals surface area contributed by atoms with Gasteiger partial charge in [-0.05, 0) is 55.7 Å². The third-order valence-corrected chi connectivity index (χ3v) is 7.78. The molecule has 3 amide bonds. The number of halogens is 1. The molecule has 3 aliphatic rings. The molecule has 5 rings (SSSR count). The lowest BCUT2D eigenvalue weighted by atomic mass is 9.74. The van der Waals surface area contributed by atoms with E-state index < -0.39 is 46.1 Å². The van der Waals surface area contributed by atoms with E-state index in [9.17, 15) is 28.7 Å². The van der Waals surface area contributed by atoms with E-state index in [1.54, 1.807) is 0 Å². The fourth-order valence-electron chi connectivity index (χ4n) is 5.65. The summed E-state index contributed by atoms with van der Waals surface area (Å²) in [6.07, 6.45) is 2.92. The normalized spacial score (nSPS) is 22.1. The molecular formula is C26H32FN5O5. The fraction of sp³-hybridized carbons (Fsp3) is 0.500. The Morgan fingerprint density at radius 3 is 2.32 bits per heavy atom. The number of carbonyl (C=O) groups excluding carboxylic acids is 3. The average molecular weight is 514 g/mol. The highest BCUT2D eigenvalue weighted by Gasteiger charge is 2.52. The summed E-state index contributed by atoms with van der Waals surface area (Å²) in [5.74, 6) is -3.07. The van der Waals surface area contributed by atoms with Gasteiger partial charge in [-0.25, -0.2) is 9.37 Å². The highest BCUT2D eigenvalue weighted by Crippen LogP contribution is 2.50. The van der Waals surface area contributed by atoms with Gasteiger partial charge in [0.05, 0.1) is 0 Å². The number of carbonyl (C=O) groups is 3. The van der Waals surface area contributed by atoms with Gasteiger partial charge in [-0.2, -0.15) is 0 Å². The maximum atomic E-state index is 13.5. The molecule has 1 atom stereocenters. The van der Waals surface area contributed by atoms with Crippen LogP contribution in [0, 0.1) is 11.7 Å². The van der Waals surface area contributed by atoms with Crippen molar-refractivity contribution in [1.82, 2.24) is 24.7 Å². The van der Waals surface area contributed by atoms with Crippen molar-refractivity contribution in [3.05, 3.63) is 57.5 Å². The second-order valence-electron chi connectivity index (χ2n) is 10.0. The molecule has 1 fully saturated rings. The number of hydrogen-bond acceptors (Lipinski definition) is 6. The molecular weight excluding hydrogens is 481 g/mol. The number of nitrogens with one attached hydrogen (secondary N) is 1. The molecule has 1 unspecified atom stereocenters. The van der Waals surface area contributed by atoms with E-state index in [4.69, 9.17) is 0 Å². The van der Waals surface area contributed by atoms with E-state index in [2.05, 4.69) is 10.3 Å². The highest BCUT2D eigenvalue weighted by molar-refractivity contribution is 6.34. The molecule has 1 aromatic heterocycles. The number of benzene rings is 1. The van der Waals surface area contributed by atoms with Gasteiger partial charge >= 0.3 is 11.8 Å². The summed E-state index contributed by atoms with van der Waals surface area (Å²) in [4.78, 5) is 59.4. The minimum atomic E-state index is -1.10. The van der Waals surface area contributed by atoms with Gasteiger partial charge in [0, 0.05) is 33.7 Å². The standard InChI is InChI=1S/C26H32FN5O5/c1-5-18-16-10-12-26(13-11-16,31(4)24(37)23(36)30(2)3)25-29-19(20(33)22(35)32(18)25)21(34)28-14-15-6-8-17(27)9-7-15/h6-9,16,18,33H,5,10-14H2,1-4H3,(H,28,34). The quantitative estimate of drug-likeness (QED) is 0.589. The Kier molecular flexibility index (Phi) is 7.07. The first-order chi connectivity index (χ1) is 17.5. The summed E-state index contributed by atoms with van der Waals surface area (Å²) in [7, 11) is 4.50. The van der Waals surface area contributed by atoms with Crippen molar-refractivity contribution < 1.29 is 23.9 Å². The van der Waals surface area contributed by atoms with Gasteiger partial charge < -0.3 is 20.2 Å². The molecule has 2 N–H and O–H groups in total. The van der Waals surface area contributed by atoms with Crippen LogP contribution in [-0.4, -0.2) is 63.3 Å². The van der Waals surface area contributed by atoms with Crippen molar-refractivity contribution in [3.63, 3.8) is 0 Å². The zero-order valence-electron chi connectivity index (χ0n) is 21.5. The Morgan fingerprint density at radius 2 is 1.76 bits per heavy atom. The van der Waals surface area contributed by atoms with Gasteiger partial charge in [-0.3, -0.25) is 23.7 Å². The van der Waals surface area contributed by atoms with Crippen LogP contribution in [0.5, 0.6) is 5.75 Å².